The average molecular weight is 313 g/mol. The minimum absolute atomic E-state index is 0.0167. The van der Waals surface area contributed by atoms with Crippen molar-refractivity contribution in [1.82, 2.24) is 14.7 Å². The van der Waals surface area contributed by atoms with E-state index in [1.807, 2.05) is 0 Å². The molecule has 0 radical (unpaired) electrons. The van der Waals surface area contributed by atoms with Gasteiger partial charge in [0.25, 0.3) is 0 Å². The first-order valence-electron chi connectivity index (χ1n) is 7.72. The topological polar surface area (TPSA) is 90.4 Å². The third kappa shape index (κ3) is 3.80. The lowest BCUT2D eigenvalue weighted by Gasteiger charge is -2.42. The predicted molar refractivity (Wildman–Crippen MR) is 77.5 cm³/mol. The number of nitrogens with zero attached hydrogens (tertiary/aromatic N) is 3. The number of carbonyl (C=O) groups is 3. The molecule has 2 rings (SSSR count). The molecule has 0 aliphatic carbocycles. The molecule has 0 atom stereocenters. The molecule has 124 valence electrons. The molecule has 2 saturated heterocycles. The first kappa shape index (κ1) is 16.4. The van der Waals surface area contributed by atoms with E-state index in [-0.39, 0.29) is 18.6 Å². The number of amides is 3. The Morgan fingerprint density at radius 1 is 1.23 bits per heavy atom. The zero-order chi connectivity index (χ0) is 16.1. The van der Waals surface area contributed by atoms with E-state index in [0.29, 0.717) is 45.6 Å². The van der Waals surface area contributed by atoms with Crippen LogP contribution >= 0.6 is 0 Å². The number of carboxylic acid groups (broad SMARTS) is 1. The summed E-state index contributed by atoms with van der Waals surface area (Å²) in [5.41, 5.74) is 0. The first-order chi connectivity index (χ1) is 10.5. The summed E-state index contributed by atoms with van der Waals surface area (Å²) < 4.78 is 4.89. The van der Waals surface area contributed by atoms with Gasteiger partial charge in [0.15, 0.2) is 0 Å². The number of likely N-dealkylation sites (tertiary alicyclic amines) is 1. The Hall–Kier alpha value is -1.99. The van der Waals surface area contributed by atoms with Crippen LogP contribution in [-0.2, 0) is 9.53 Å². The highest BCUT2D eigenvalue weighted by Gasteiger charge is 2.34. The van der Waals surface area contributed by atoms with Crippen LogP contribution in [0, 0.1) is 0 Å². The van der Waals surface area contributed by atoms with Crippen molar-refractivity contribution in [3.05, 3.63) is 0 Å². The van der Waals surface area contributed by atoms with Crippen molar-refractivity contribution in [3.8, 4) is 0 Å². The van der Waals surface area contributed by atoms with Crippen LogP contribution in [-0.4, -0.2) is 83.3 Å². The first-order valence-corrected chi connectivity index (χ1v) is 7.72. The fourth-order valence-corrected chi connectivity index (χ4v) is 3.02. The molecule has 0 aromatic heterocycles. The molecule has 8 heteroatoms. The molecule has 0 aromatic carbocycles. The Morgan fingerprint density at radius 3 is 2.50 bits per heavy atom. The van der Waals surface area contributed by atoms with Crippen molar-refractivity contribution in [2.45, 2.75) is 32.2 Å². The number of piperidine rings is 1. The van der Waals surface area contributed by atoms with Gasteiger partial charge in [0, 0.05) is 32.2 Å². The van der Waals surface area contributed by atoms with Crippen molar-refractivity contribution in [1.29, 1.82) is 0 Å². The second-order valence-electron chi connectivity index (χ2n) is 5.56. The number of esters is 1. The zero-order valence-corrected chi connectivity index (χ0v) is 12.9. The van der Waals surface area contributed by atoms with Crippen molar-refractivity contribution in [3.63, 3.8) is 0 Å². The number of hydrogen-bond acceptors (Lipinski definition) is 4. The Kier molecular flexibility index (Phi) is 5.46. The van der Waals surface area contributed by atoms with Gasteiger partial charge in [-0.1, -0.05) is 0 Å². The van der Waals surface area contributed by atoms with Crippen LogP contribution < -0.4 is 0 Å². The summed E-state index contributed by atoms with van der Waals surface area (Å²) in [6.45, 7) is 4.13. The third-order valence-corrected chi connectivity index (χ3v) is 4.14. The van der Waals surface area contributed by atoms with Gasteiger partial charge in [0.05, 0.1) is 6.61 Å². The molecule has 2 fully saturated rings. The fourth-order valence-electron chi connectivity index (χ4n) is 3.02. The second kappa shape index (κ2) is 7.33. The summed E-state index contributed by atoms with van der Waals surface area (Å²) in [5.74, 6) is -0.390. The predicted octanol–water partition coefficient (Wildman–Crippen LogP) is 0.820. The summed E-state index contributed by atoms with van der Waals surface area (Å²) >= 11 is 0. The highest BCUT2D eigenvalue weighted by atomic mass is 16.5. The molecule has 2 heterocycles. The highest BCUT2D eigenvalue weighted by molar-refractivity contribution is 5.81. The van der Waals surface area contributed by atoms with Crippen molar-refractivity contribution >= 4 is 18.1 Å². The van der Waals surface area contributed by atoms with Crippen molar-refractivity contribution < 1.29 is 24.2 Å². The van der Waals surface area contributed by atoms with Gasteiger partial charge in [0.2, 0.25) is 0 Å². The SMILES string of the molecule is CCOC(=O)CN1CCCN(C2CCN(C(=O)O)CC2)C1=O. The highest BCUT2D eigenvalue weighted by Crippen LogP contribution is 2.21. The normalized spacial score (nSPS) is 20.2. The van der Waals surface area contributed by atoms with Crippen LogP contribution in [0.15, 0.2) is 0 Å². The van der Waals surface area contributed by atoms with Gasteiger partial charge < -0.3 is 24.5 Å². The molecule has 2 aliphatic rings. The minimum atomic E-state index is -0.910. The van der Waals surface area contributed by atoms with E-state index >= 15 is 0 Å². The molecule has 3 amide bonds. The third-order valence-electron chi connectivity index (χ3n) is 4.14. The summed E-state index contributed by atoms with van der Waals surface area (Å²) in [7, 11) is 0. The second-order valence-corrected chi connectivity index (χ2v) is 5.56. The average Bonchev–Trinajstić information content (AvgIpc) is 2.50. The molecule has 0 unspecified atom stereocenters. The van der Waals surface area contributed by atoms with Crippen LogP contribution in [0.2, 0.25) is 0 Å². The van der Waals surface area contributed by atoms with E-state index in [4.69, 9.17) is 9.84 Å². The number of rotatable bonds is 4. The van der Waals surface area contributed by atoms with Crippen LogP contribution in [0.4, 0.5) is 9.59 Å². The largest absolute Gasteiger partial charge is 0.465 e. The Balaban J connectivity index is 1.90. The smallest absolute Gasteiger partial charge is 0.407 e. The van der Waals surface area contributed by atoms with Crippen LogP contribution in [0.5, 0.6) is 0 Å². The van der Waals surface area contributed by atoms with Crippen LogP contribution in [0.1, 0.15) is 26.2 Å². The molecular formula is C14H23N3O5. The zero-order valence-electron chi connectivity index (χ0n) is 12.9. The van der Waals surface area contributed by atoms with Crippen molar-refractivity contribution in [2.75, 3.05) is 39.3 Å². The van der Waals surface area contributed by atoms with Crippen LogP contribution in [0.3, 0.4) is 0 Å². The van der Waals surface area contributed by atoms with Gasteiger partial charge in [0.1, 0.15) is 6.54 Å². The van der Waals surface area contributed by atoms with E-state index in [1.165, 1.54) is 9.80 Å². The summed E-state index contributed by atoms with van der Waals surface area (Å²) in [6.07, 6.45) is 1.19. The lowest BCUT2D eigenvalue weighted by molar-refractivity contribution is -0.144. The molecule has 8 nitrogen and oxygen atoms in total. The van der Waals surface area contributed by atoms with Crippen molar-refractivity contribution in [2.24, 2.45) is 0 Å². The Morgan fingerprint density at radius 2 is 1.91 bits per heavy atom. The summed E-state index contributed by atoms with van der Waals surface area (Å²) in [5, 5.41) is 8.96. The molecule has 0 saturated carbocycles. The van der Waals surface area contributed by atoms with Gasteiger partial charge in [-0.25, -0.2) is 9.59 Å². The molecule has 0 aromatic rings. The van der Waals surface area contributed by atoms with E-state index < -0.39 is 12.1 Å². The van der Waals surface area contributed by atoms with E-state index in [2.05, 4.69) is 0 Å². The van der Waals surface area contributed by atoms with E-state index in [9.17, 15) is 14.4 Å². The van der Waals surface area contributed by atoms with Gasteiger partial charge in [-0.15, -0.1) is 0 Å². The number of ether oxygens (including phenoxy) is 1. The number of urea groups is 1. The van der Waals surface area contributed by atoms with E-state index in [0.717, 1.165) is 6.42 Å². The van der Waals surface area contributed by atoms with Gasteiger partial charge in [-0.3, -0.25) is 4.79 Å². The minimum Gasteiger partial charge on any atom is -0.465 e. The molecule has 0 bridgehead atoms. The standard InChI is InChI=1S/C14H23N3O5/c1-2-22-12(18)10-16-6-3-7-17(13(16)19)11-4-8-15(9-5-11)14(20)21/h11H,2-10H2,1H3,(H,20,21). The Bertz CT molecular complexity index is 434. The maximum Gasteiger partial charge on any atom is 0.407 e. The maximum absolute atomic E-state index is 12.5. The molecule has 0 spiro atoms. The lowest BCUT2D eigenvalue weighted by Crippen LogP contribution is -2.56. The van der Waals surface area contributed by atoms with Crippen LogP contribution in [0.25, 0.3) is 0 Å². The van der Waals surface area contributed by atoms with Gasteiger partial charge in [-0.05, 0) is 26.2 Å². The number of carbonyl (C=O) groups excluding carboxylic acids is 2. The summed E-state index contributed by atoms with van der Waals surface area (Å²) in [6, 6.07) is -0.0961. The quantitative estimate of drug-likeness (QED) is 0.776. The van der Waals surface area contributed by atoms with Gasteiger partial charge in [-0.2, -0.15) is 0 Å². The fraction of sp³-hybridized carbons (Fsp3) is 0.786. The summed E-state index contributed by atoms with van der Waals surface area (Å²) in [4.78, 5) is 39.6. The molecular weight excluding hydrogens is 290 g/mol. The molecule has 22 heavy (non-hydrogen) atoms. The van der Waals surface area contributed by atoms with Gasteiger partial charge >= 0.3 is 18.1 Å². The molecule has 1 N–H and O–H groups in total. The monoisotopic (exact) mass is 313 g/mol. The maximum atomic E-state index is 12.5. The lowest BCUT2D eigenvalue weighted by atomic mass is 10.0. The number of hydrogen-bond donors (Lipinski definition) is 1. The molecule has 2 aliphatic heterocycles. The Labute approximate surface area is 129 Å². The van der Waals surface area contributed by atoms with E-state index in [1.54, 1.807) is 11.8 Å².